The number of benzene rings is 5. The molecule has 1 amide bonds. The third-order valence-corrected chi connectivity index (χ3v) is 7.51. The van der Waals surface area contributed by atoms with Crippen LogP contribution < -0.4 is 35.2 Å². The summed E-state index contributed by atoms with van der Waals surface area (Å²) in [6.07, 6.45) is 0. The molecular weight excluding hydrogens is 641 g/mol. The Morgan fingerprint density at radius 1 is 0.610 bits per heavy atom. The summed E-state index contributed by atoms with van der Waals surface area (Å²) in [5.41, 5.74) is 10.5. The van der Waals surface area contributed by atoms with Crippen LogP contribution in [0.25, 0.3) is 27.3 Å². The Hall–Kier alpha value is -2.88. The molecule has 0 heterocycles. The summed E-state index contributed by atoms with van der Waals surface area (Å²) in [6.45, 7) is 5.71. The van der Waals surface area contributed by atoms with Gasteiger partial charge in [-0.2, -0.15) is 0 Å². The van der Waals surface area contributed by atoms with E-state index in [1.165, 1.54) is 31.9 Å². The molecule has 6 aromatic rings. The van der Waals surface area contributed by atoms with Gasteiger partial charge in [0, 0.05) is 5.56 Å². The van der Waals surface area contributed by atoms with Crippen molar-refractivity contribution in [1.82, 2.24) is 0 Å². The molecular formula is C35H31Cl2NOSiZr. The molecule has 2 nitrogen and oxygen atoms in total. The molecule has 6 heteroatoms. The van der Waals surface area contributed by atoms with E-state index in [1.807, 2.05) is 32.9 Å². The van der Waals surface area contributed by atoms with Gasteiger partial charge < -0.3 is 35.3 Å². The van der Waals surface area contributed by atoms with Crippen molar-refractivity contribution in [3.8, 4) is 0 Å². The van der Waals surface area contributed by atoms with E-state index in [1.54, 1.807) is 0 Å². The van der Waals surface area contributed by atoms with E-state index in [4.69, 9.17) is 5.73 Å². The molecule has 41 heavy (non-hydrogen) atoms. The number of fused-ring (bicyclic) bond motifs is 3. The van der Waals surface area contributed by atoms with Crippen LogP contribution >= 0.6 is 0 Å². The molecule has 0 spiro atoms. The van der Waals surface area contributed by atoms with E-state index in [-0.39, 0.29) is 51.0 Å². The minimum atomic E-state index is -0.593. The van der Waals surface area contributed by atoms with Crippen molar-refractivity contribution < 1.29 is 55.8 Å². The van der Waals surface area contributed by atoms with Gasteiger partial charge in [-0.3, -0.25) is 0 Å². The van der Waals surface area contributed by atoms with E-state index >= 15 is 0 Å². The van der Waals surface area contributed by atoms with Gasteiger partial charge in [-0.15, -0.1) is 39.7 Å². The number of carbonyl (C=O) groups is 1. The topological polar surface area (TPSA) is 40.9 Å². The second-order valence-corrected chi connectivity index (χ2v) is 10.7. The van der Waals surface area contributed by atoms with Crippen LogP contribution in [0, 0.1) is 20.8 Å². The van der Waals surface area contributed by atoms with E-state index < -0.39 is 5.91 Å². The van der Waals surface area contributed by atoms with Crippen molar-refractivity contribution in [2.45, 2.75) is 20.8 Å². The van der Waals surface area contributed by atoms with Gasteiger partial charge in [-0.05, 0) is 31.9 Å². The number of aryl methyl sites for hydroxylation is 3. The minimum Gasteiger partial charge on any atom is -1.00 e. The fourth-order valence-corrected chi connectivity index (χ4v) is 5.70. The molecule has 204 valence electrons. The maximum absolute atomic E-state index is 10.9. The SMILES string of the molecule is Cc1cc(C)c(C([NH-])=O)c(C)c1.[Cl-].[Cl-].[Zr+4].c1ccc([Si]c2ccccc2)cc1.c1ccc2c(c1)[cH-]c1ccccc12. The second kappa shape index (κ2) is 17.8. The van der Waals surface area contributed by atoms with Crippen molar-refractivity contribution in [3.63, 3.8) is 0 Å². The monoisotopic (exact) mass is 669 g/mol. The number of amides is 1. The Bertz CT molecular complexity index is 1540. The Balaban J connectivity index is 0.000000297. The fraction of sp³-hybridized carbons (Fsp3) is 0.0857. The summed E-state index contributed by atoms with van der Waals surface area (Å²) in [5, 5.41) is 8.19. The Morgan fingerprint density at radius 3 is 1.37 bits per heavy atom. The molecule has 0 atom stereocenters. The molecule has 0 saturated heterocycles. The van der Waals surface area contributed by atoms with Gasteiger partial charge in [-0.25, -0.2) is 0 Å². The summed E-state index contributed by atoms with van der Waals surface area (Å²) < 4.78 is 0. The summed E-state index contributed by atoms with van der Waals surface area (Å²) in [6, 6.07) is 44.3. The minimum absolute atomic E-state index is 0. The molecule has 0 aliphatic heterocycles. The number of nitrogens with one attached hydrogen (secondary N) is 1. The molecule has 6 aromatic carbocycles. The quantitative estimate of drug-likeness (QED) is 0.209. The Labute approximate surface area is 277 Å². The molecule has 0 saturated carbocycles. The van der Waals surface area contributed by atoms with E-state index in [9.17, 15) is 4.79 Å². The summed E-state index contributed by atoms with van der Waals surface area (Å²) >= 11 is 0. The van der Waals surface area contributed by atoms with E-state index in [0.29, 0.717) is 5.56 Å². The first-order valence-corrected chi connectivity index (χ1v) is 13.7. The summed E-state index contributed by atoms with van der Waals surface area (Å²) in [4.78, 5) is 10.9. The second-order valence-electron chi connectivity index (χ2n) is 9.28. The molecule has 0 aromatic heterocycles. The predicted molar refractivity (Wildman–Crippen MR) is 164 cm³/mol. The van der Waals surface area contributed by atoms with Crippen LogP contribution in [0.1, 0.15) is 27.0 Å². The molecule has 6 rings (SSSR count). The smallest absolute Gasteiger partial charge is 1.00 e. The molecule has 0 aliphatic carbocycles. The van der Waals surface area contributed by atoms with Crippen LogP contribution in [0.4, 0.5) is 0 Å². The zero-order chi connectivity index (χ0) is 26.9. The Morgan fingerprint density at radius 2 is 0.976 bits per heavy atom. The largest absolute Gasteiger partial charge is 4.00 e. The van der Waals surface area contributed by atoms with Gasteiger partial charge in [0.05, 0.1) is 5.91 Å². The first kappa shape index (κ1) is 36.1. The Kier molecular flexibility index (Phi) is 15.7. The average Bonchev–Trinajstić information content (AvgIpc) is 3.29. The van der Waals surface area contributed by atoms with Gasteiger partial charge in [0.25, 0.3) is 0 Å². The molecule has 0 unspecified atom stereocenters. The van der Waals surface area contributed by atoms with Crippen molar-refractivity contribution in [2.24, 2.45) is 0 Å². The van der Waals surface area contributed by atoms with Crippen LogP contribution in [0.5, 0.6) is 0 Å². The zero-order valence-electron chi connectivity index (χ0n) is 23.3. The van der Waals surface area contributed by atoms with Crippen LogP contribution in [0.15, 0.2) is 127 Å². The zero-order valence-corrected chi connectivity index (χ0v) is 28.3. The number of hydrogen-bond donors (Lipinski definition) is 0. The summed E-state index contributed by atoms with van der Waals surface area (Å²) in [7, 11) is 0.777. The predicted octanol–water partition coefficient (Wildman–Crippen LogP) is 1.86. The number of halogens is 2. The maximum atomic E-state index is 10.9. The third kappa shape index (κ3) is 10.2. The van der Waals surface area contributed by atoms with Gasteiger partial charge >= 0.3 is 26.2 Å². The average molecular weight is 672 g/mol. The van der Waals surface area contributed by atoms with Crippen molar-refractivity contribution in [3.05, 3.63) is 155 Å². The number of carbonyl (C=O) groups excluding carboxylic acids is 1. The van der Waals surface area contributed by atoms with Crippen molar-refractivity contribution in [2.75, 3.05) is 0 Å². The number of hydrogen-bond acceptors (Lipinski definition) is 1. The molecule has 0 fully saturated rings. The first-order chi connectivity index (χ1) is 18.4. The molecule has 2 radical (unpaired) electrons. The van der Waals surface area contributed by atoms with Gasteiger partial charge in [0.2, 0.25) is 0 Å². The van der Waals surface area contributed by atoms with Crippen LogP contribution in [-0.2, 0) is 26.2 Å². The van der Waals surface area contributed by atoms with Crippen molar-refractivity contribution >= 4 is 47.3 Å². The standard InChI is InChI=1S/C13H9.C12H10Si.C10H13NO.2ClH.Zr/c1-3-7-12-10(5-1)9-11-6-2-4-8-13(11)12;1-3-7-11(8-4-1)13-12-9-5-2-6-10-12;1-6-4-7(2)9(10(11)12)8(3)5-6;;;/h1-9H;1-10H;4-5H,1-3H3,(H2,11,12);2*1H;/q-1;;;;;+4/p-3. The third-order valence-electron chi connectivity index (χ3n) is 6.26. The van der Waals surface area contributed by atoms with Gasteiger partial charge in [0.1, 0.15) is 9.52 Å². The normalized spacial score (nSPS) is 9.54. The summed E-state index contributed by atoms with van der Waals surface area (Å²) in [5.74, 6) is -0.593. The van der Waals surface area contributed by atoms with Gasteiger partial charge in [-0.1, -0.05) is 125 Å². The molecule has 0 bridgehead atoms. The van der Waals surface area contributed by atoms with Crippen LogP contribution in [-0.4, -0.2) is 15.4 Å². The fourth-order valence-electron chi connectivity index (χ4n) is 4.65. The van der Waals surface area contributed by atoms with E-state index in [2.05, 4.69) is 115 Å². The van der Waals surface area contributed by atoms with Gasteiger partial charge in [0.15, 0.2) is 0 Å². The van der Waals surface area contributed by atoms with Crippen molar-refractivity contribution in [1.29, 1.82) is 0 Å². The first-order valence-electron chi connectivity index (χ1n) is 12.7. The maximum Gasteiger partial charge on any atom is 4.00 e. The molecule has 0 aliphatic rings. The van der Waals surface area contributed by atoms with E-state index in [0.717, 1.165) is 26.2 Å². The van der Waals surface area contributed by atoms with Crippen LogP contribution in [0.3, 0.4) is 0 Å². The van der Waals surface area contributed by atoms with Crippen LogP contribution in [0.2, 0.25) is 0 Å². The number of rotatable bonds is 3. The molecule has 1 N–H and O–H groups in total.